The fourth-order valence-corrected chi connectivity index (χ4v) is 4.35. The van der Waals surface area contributed by atoms with Gasteiger partial charge in [0.15, 0.2) is 0 Å². The molecular formula is C12H11AsN. The third kappa shape index (κ3) is 1.32. The number of allylic oxidation sites excluding steroid dienone is 3. The first-order valence-corrected chi connectivity index (χ1v) is 6.78. The second-order valence-corrected chi connectivity index (χ2v) is 6.17. The van der Waals surface area contributed by atoms with Crippen LogP contribution >= 0.6 is 0 Å². The van der Waals surface area contributed by atoms with Crippen molar-refractivity contribution in [3.05, 3.63) is 46.5 Å². The van der Waals surface area contributed by atoms with E-state index in [1.807, 2.05) is 0 Å². The summed E-state index contributed by atoms with van der Waals surface area (Å²) in [4.78, 5) is 0. The van der Waals surface area contributed by atoms with Crippen LogP contribution < -0.4 is 9.67 Å². The van der Waals surface area contributed by atoms with E-state index in [2.05, 4.69) is 41.7 Å². The Kier molecular flexibility index (Phi) is 1.99. The summed E-state index contributed by atoms with van der Waals surface area (Å²) in [6.45, 7) is 0. The van der Waals surface area contributed by atoms with Crippen molar-refractivity contribution in [1.29, 1.82) is 0 Å². The van der Waals surface area contributed by atoms with Crippen LogP contribution in [0.5, 0.6) is 0 Å². The molecule has 1 heterocycles. The van der Waals surface area contributed by atoms with E-state index in [1.54, 1.807) is 4.36 Å². The van der Waals surface area contributed by atoms with Gasteiger partial charge in [0.2, 0.25) is 0 Å². The summed E-state index contributed by atoms with van der Waals surface area (Å²) in [5, 5.41) is 3.52. The molecule has 1 aliphatic heterocycles. The minimum absolute atomic E-state index is 0.251. The molecule has 0 unspecified atom stereocenters. The van der Waals surface area contributed by atoms with Gasteiger partial charge in [-0.25, -0.2) is 0 Å². The Labute approximate surface area is 90.6 Å². The number of rotatable bonds is 0. The molecule has 14 heavy (non-hydrogen) atoms. The number of benzene rings is 1. The molecule has 0 aromatic heterocycles. The average molecular weight is 244 g/mol. The van der Waals surface area contributed by atoms with Crippen molar-refractivity contribution in [1.82, 2.24) is 0 Å². The normalized spacial score (nSPS) is 20.3. The topological polar surface area (TPSA) is 12.0 Å². The number of nitrogens with one attached hydrogen (secondary N) is 1. The van der Waals surface area contributed by atoms with E-state index in [0.717, 1.165) is 0 Å². The molecule has 1 radical (unpaired) electrons. The number of para-hydroxylation sites is 1. The summed E-state index contributed by atoms with van der Waals surface area (Å²) in [6.07, 6.45) is 6.98. The van der Waals surface area contributed by atoms with Crippen molar-refractivity contribution in [2.45, 2.75) is 12.8 Å². The second kappa shape index (κ2) is 3.33. The maximum absolute atomic E-state index is 3.52. The van der Waals surface area contributed by atoms with Crippen molar-refractivity contribution < 1.29 is 0 Å². The summed E-state index contributed by atoms with van der Waals surface area (Å²) >= 11 is 0.251. The van der Waals surface area contributed by atoms with Gasteiger partial charge in [0, 0.05) is 0 Å². The number of hydrogen-bond donors (Lipinski definition) is 1. The van der Waals surface area contributed by atoms with Crippen LogP contribution in [0.4, 0.5) is 5.69 Å². The zero-order chi connectivity index (χ0) is 9.38. The molecular weight excluding hydrogens is 233 g/mol. The molecule has 69 valence electrons. The number of anilines is 1. The molecule has 0 saturated carbocycles. The SMILES string of the molecule is C1=CC2=C(CC1)[As]c1ccccc1N2. The van der Waals surface area contributed by atoms with E-state index < -0.39 is 0 Å². The van der Waals surface area contributed by atoms with Crippen LogP contribution in [-0.4, -0.2) is 15.8 Å². The van der Waals surface area contributed by atoms with Crippen LogP contribution in [0.2, 0.25) is 0 Å². The van der Waals surface area contributed by atoms with Gasteiger partial charge < -0.3 is 0 Å². The van der Waals surface area contributed by atoms with Crippen LogP contribution in [0.1, 0.15) is 12.8 Å². The van der Waals surface area contributed by atoms with Gasteiger partial charge in [-0.3, -0.25) is 0 Å². The third-order valence-electron chi connectivity index (χ3n) is 2.57. The van der Waals surface area contributed by atoms with Gasteiger partial charge in [-0.15, -0.1) is 0 Å². The minimum atomic E-state index is 0.251. The second-order valence-electron chi connectivity index (χ2n) is 3.56. The summed E-state index contributed by atoms with van der Waals surface area (Å²) in [7, 11) is 0. The van der Waals surface area contributed by atoms with Crippen molar-refractivity contribution in [2.75, 3.05) is 5.32 Å². The summed E-state index contributed by atoms with van der Waals surface area (Å²) < 4.78 is 3.18. The van der Waals surface area contributed by atoms with E-state index in [-0.39, 0.29) is 15.8 Å². The van der Waals surface area contributed by atoms with E-state index >= 15 is 0 Å². The molecule has 0 bridgehead atoms. The predicted octanol–water partition coefficient (Wildman–Crippen LogP) is 2.00. The first kappa shape index (κ1) is 8.37. The molecule has 3 rings (SSSR count). The molecule has 0 atom stereocenters. The van der Waals surface area contributed by atoms with E-state index in [0.29, 0.717) is 0 Å². The molecule has 1 N–H and O–H groups in total. The number of hydrogen-bond acceptors (Lipinski definition) is 1. The van der Waals surface area contributed by atoms with Gasteiger partial charge >= 0.3 is 90.4 Å². The van der Waals surface area contributed by atoms with Crippen molar-refractivity contribution in [3.8, 4) is 0 Å². The van der Waals surface area contributed by atoms with E-state index in [9.17, 15) is 0 Å². The zero-order valence-electron chi connectivity index (χ0n) is 7.83. The summed E-state index contributed by atoms with van der Waals surface area (Å²) in [6, 6.07) is 8.67. The van der Waals surface area contributed by atoms with Crippen LogP contribution in [0.15, 0.2) is 46.5 Å². The van der Waals surface area contributed by atoms with Gasteiger partial charge in [0.25, 0.3) is 0 Å². The van der Waals surface area contributed by atoms with Crippen molar-refractivity contribution >= 4 is 25.8 Å². The summed E-state index contributed by atoms with van der Waals surface area (Å²) in [5.41, 5.74) is 2.69. The van der Waals surface area contributed by atoms with Gasteiger partial charge in [-0.05, 0) is 0 Å². The summed E-state index contributed by atoms with van der Waals surface area (Å²) in [5.74, 6) is 0. The van der Waals surface area contributed by atoms with Gasteiger partial charge in [-0.2, -0.15) is 0 Å². The molecule has 1 aromatic rings. The molecule has 2 aliphatic rings. The molecule has 1 aromatic carbocycles. The Bertz CT molecular complexity index is 432. The fourth-order valence-electron chi connectivity index (χ4n) is 1.85. The quantitative estimate of drug-likeness (QED) is 0.688. The van der Waals surface area contributed by atoms with E-state index in [4.69, 9.17) is 0 Å². The third-order valence-corrected chi connectivity index (χ3v) is 5.44. The van der Waals surface area contributed by atoms with Gasteiger partial charge in [0.1, 0.15) is 0 Å². The standard InChI is InChI=1S/C12H11AsN/c1-3-7-11-9(5-1)13-10-6-2-4-8-12(10)14-11/h1,3-5,7-8,14H,2,6H2. The van der Waals surface area contributed by atoms with Crippen LogP contribution in [0, 0.1) is 0 Å². The molecule has 0 spiro atoms. The first-order chi connectivity index (χ1) is 6.93. The van der Waals surface area contributed by atoms with Crippen LogP contribution in [0.3, 0.4) is 0 Å². The monoisotopic (exact) mass is 244 g/mol. The Hall–Kier alpha value is -0.942. The molecule has 0 saturated heterocycles. The average Bonchev–Trinajstić information content (AvgIpc) is 2.26. The van der Waals surface area contributed by atoms with Gasteiger partial charge in [0.05, 0.1) is 0 Å². The molecule has 1 nitrogen and oxygen atoms in total. The Morgan fingerprint density at radius 2 is 2.14 bits per heavy atom. The van der Waals surface area contributed by atoms with Gasteiger partial charge in [-0.1, -0.05) is 0 Å². The maximum atomic E-state index is 3.52. The fraction of sp³-hybridized carbons (Fsp3) is 0.167. The molecule has 0 fully saturated rings. The molecule has 1 aliphatic carbocycles. The predicted molar refractivity (Wildman–Crippen MR) is 60.9 cm³/mol. The Morgan fingerprint density at radius 3 is 3.14 bits per heavy atom. The first-order valence-electron chi connectivity index (χ1n) is 4.91. The van der Waals surface area contributed by atoms with Crippen molar-refractivity contribution in [3.63, 3.8) is 0 Å². The zero-order valence-corrected chi connectivity index (χ0v) is 9.70. The Morgan fingerprint density at radius 1 is 1.21 bits per heavy atom. The molecule has 2 heteroatoms. The van der Waals surface area contributed by atoms with Crippen LogP contribution in [0.25, 0.3) is 0 Å². The van der Waals surface area contributed by atoms with Crippen LogP contribution in [-0.2, 0) is 0 Å². The van der Waals surface area contributed by atoms with Crippen molar-refractivity contribution in [2.24, 2.45) is 0 Å². The van der Waals surface area contributed by atoms with E-state index in [1.165, 1.54) is 28.6 Å². The number of fused-ring (bicyclic) bond motifs is 1. The molecule has 0 amide bonds. The Balaban J connectivity index is 2.03.